The van der Waals surface area contributed by atoms with Crippen LogP contribution < -0.4 is 5.32 Å². The van der Waals surface area contributed by atoms with Crippen molar-refractivity contribution < 1.29 is 10.2 Å². The molecule has 0 saturated carbocycles. The molecule has 1 heterocycles. The van der Waals surface area contributed by atoms with Crippen molar-refractivity contribution in [3.63, 3.8) is 0 Å². The van der Waals surface area contributed by atoms with Crippen LogP contribution in [0.2, 0.25) is 0 Å². The van der Waals surface area contributed by atoms with Crippen molar-refractivity contribution in [1.29, 1.82) is 5.41 Å². The van der Waals surface area contributed by atoms with Gasteiger partial charge in [0.15, 0.2) is 5.84 Å². The highest BCUT2D eigenvalue weighted by Crippen LogP contribution is 2.17. The lowest BCUT2D eigenvalue weighted by atomic mass is 10.2. The number of aliphatic hydroxyl groups is 2. The topological polar surface area (TPSA) is 104 Å². The maximum absolute atomic E-state index is 9.78. The summed E-state index contributed by atoms with van der Waals surface area (Å²) in [6.07, 6.45) is 0.717. The Balaban J connectivity index is 2.07. The Labute approximate surface area is 116 Å². The third-order valence-corrected chi connectivity index (χ3v) is 2.83. The molecular weight excluding hydrogens is 258 g/mol. The number of aliphatic imine (C=N–C) groups is 1. The number of benzene rings is 1. The van der Waals surface area contributed by atoms with Crippen molar-refractivity contribution >= 4 is 23.4 Å². The molecule has 106 valence electrons. The van der Waals surface area contributed by atoms with E-state index in [9.17, 15) is 5.11 Å². The van der Waals surface area contributed by atoms with E-state index in [1.807, 2.05) is 0 Å². The molecule has 1 aromatic carbocycles. The van der Waals surface area contributed by atoms with Gasteiger partial charge in [0, 0.05) is 13.6 Å². The molecule has 0 spiro atoms. The summed E-state index contributed by atoms with van der Waals surface area (Å²) in [6, 6.07) is 7.00. The van der Waals surface area contributed by atoms with E-state index in [4.69, 9.17) is 10.5 Å². The van der Waals surface area contributed by atoms with Crippen molar-refractivity contribution in [2.45, 2.75) is 6.23 Å². The Kier molecular flexibility index (Phi) is 4.57. The monoisotopic (exact) mass is 275 g/mol. The zero-order valence-electron chi connectivity index (χ0n) is 11.1. The first-order valence-corrected chi connectivity index (χ1v) is 6.19. The van der Waals surface area contributed by atoms with Crippen LogP contribution >= 0.6 is 0 Å². The maximum Gasteiger partial charge on any atom is 0.169 e. The smallest absolute Gasteiger partial charge is 0.169 e. The Bertz CT molecular complexity index is 538. The molecule has 4 N–H and O–H groups in total. The highest BCUT2D eigenvalue weighted by Gasteiger charge is 2.16. The summed E-state index contributed by atoms with van der Waals surface area (Å²) in [7, 11) is 1.69. The second-order valence-electron chi connectivity index (χ2n) is 4.29. The highest BCUT2D eigenvalue weighted by atomic mass is 16.3. The van der Waals surface area contributed by atoms with Crippen LogP contribution in [0.4, 0.5) is 5.69 Å². The molecule has 2 rings (SSSR count). The minimum Gasteiger partial charge on any atom is -0.395 e. The van der Waals surface area contributed by atoms with Gasteiger partial charge in [0.1, 0.15) is 11.9 Å². The van der Waals surface area contributed by atoms with Gasteiger partial charge in [-0.05, 0) is 17.7 Å². The van der Waals surface area contributed by atoms with E-state index < -0.39 is 6.23 Å². The molecular formula is C13H17N5O2. The van der Waals surface area contributed by atoms with Crippen LogP contribution in [0.25, 0.3) is 0 Å². The fourth-order valence-corrected chi connectivity index (χ4v) is 1.70. The van der Waals surface area contributed by atoms with Crippen molar-refractivity contribution in [1.82, 2.24) is 10.3 Å². The normalized spacial score (nSPS) is 18.1. The summed E-state index contributed by atoms with van der Waals surface area (Å²) in [6.45, 7) is 0.295. The summed E-state index contributed by atoms with van der Waals surface area (Å²) in [5.74, 6) is 0.249. The lowest BCUT2D eigenvalue weighted by Crippen LogP contribution is -2.23. The summed E-state index contributed by atoms with van der Waals surface area (Å²) in [5.41, 5.74) is 1.87. The lowest BCUT2D eigenvalue weighted by molar-refractivity contribution is 0.129. The zero-order chi connectivity index (χ0) is 14.5. The first-order chi connectivity index (χ1) is 9.61. The predicted octanol–water partition coefficient (Wildman–Crippen LogP) is 0.240. The van der Waals surface area contributed by atoms with Crippen molar-refractivity contribution in [2.24, 2.45) is 10.1 Å². The number of hydrogen-bond acceptors (Lipinski definition) is 6. The van der Waals surface area contributed by atoms with Gasteiger partial charge >= 0.3 is 0 Å². The van der Waals surface area contributed by atoms with E-state index in [0.717, 1.165) is 0 Å². The largest absolute Gasteiger partial charge is 0.395 e. The van der Waals surface area contributed by atoms with Crippen LogP contribution in [0.3, 0.4) is 0 Å². The van der Waals surface area contributed by atoms with Crippen LogP contribution in [-0.2, 0) is 0 Å². The number of nitrogens with one attached hydrogen (secondary N) is 2. The van der Waals surface area contributed by atoms with Crippen molar-refractivity contribution in [2.75, 3.05) is 20.2 Å². The molecule has 7 heteroatoms. The maximum atomic E-state index is 9.78. The van der Waals surface area contributed by atoms with Gasteiger partial charge in [-0.1, -0.05) is 12.1 Å². The van der Waals surface area contributed by atoms with Crippen LogP contribution in [-0.4, -0.2) is 53.2 Å². The van der Waals surface area contributed by atoms with Crippen molar-refractivity contribution in [3.05, 3.63) is 29.8 Å². The second-order valence-corrected chi connectivity index (χ2v) is 4.29. The number of hydrazone groups is 1. The molecule has 0 saturated heterocycles. The van der Waals surface area contributed by atoms with Gasteiger partial charge in [-0.3, -0.25) is 10.7 Å². The average molecular weight is 275 g/mol. The van der Waals surface area contributed by atoms with Crippen LogP contribution in [0.1, 0.15) is 11.8 Å². The van der Waals surface area contributed by atoms with Gasteiger partial charge in [0.2, 0.25) is 0 Å². The summed E-state index contributed by atoms with van der Waals surface area (Å²) >= 11 is 0. The molecule has 1 unspecified atom stereocenters. The van der Waals surface area contributed by atoms with Gasteiger partial charge in [0.25, 0.3) is 0 Å². The van der Waals surface area contributed by atoms with Gasteiger partial charge in [0.05, 0.1) is 18.5 Å². The van der Waals surface area contributed by atoms with Crippen LogP contribution in [0.15, 0.2) is 34.4 Å². The minimum atomic E-state index is -0.818. The first-order valence-electron chi connectivity index (χ1n) is 6.19. The van der Waals surface area contributed by atoms with Crippen molar-refractivity contribution in [3.8, 4) is 0 Å². The Morgan fingerprint density at radius 2 is 2.10 bits per heavy atom. The molecule has 0 amide bonds. The van der Waals surface area contributed by atoms with Crippen LogP contribution in [0.5, 0.6) is 0 Å². The van der Waals surface area contributed by atoms with Gasteiger partial charge in [-0.2, -0.15) is 5.10 Å². The van der Waals surface area contributed by atoms with Gasteiger partial charge in [-0.25, -0.2) is 10.0 Å². The SMILES string of the molecule is CN1N=CC(=Nc2ccc(C(O)NCCO)cc2)C1=N. The number of aliphatic hydroxyl groups excluding tert-OH is 2. The molecule has 0 radical (unpaired) electrons. The van der Waals surface area contributed by atoms with E-state index in [1.165, 1.54) is 11.2 Å². The Hall–Kier alpha value is -2.09. The average Bonchev–Trinajstić information content (AvgIpc) is 2.77. The number of nitrogens with zero attached hydrogens (tertiary/aromatic N) is 3. The van der Waals surface area contributed by atoms with Gasteiger partial charge in [-0.15, -0.1) is 0 Å². The quantitative estimate of drug-likeness (QED) is 0.578. The summed E-state index contributed by atoms with van der Waals surface area (Å²) < 4.78 is 0. The number of hydrogen-bond donors (Lipinski definition) is 4. The van der Waals surface area contributed by atoms with E-state index in [0.29, 0.717) is 23.5 Å². The molecule has 0 aliphatic carbocycles. The molecule has 0 fully saturated rings. The number of rotatable bonds is 5. The molecule has 0 bridgehead atoms. The third-order valence-electron chi connectivity index (χ3n) is 2.83. The van der Waals surface area contributed by atoms with Gasteiger partial charge < -0.3 is 10.2 Å². The highest BCUT2D eigenvalue weighted by molar-refractivity contribution is 6.63. The number of amidine groups is 1. The third kappa shape index (κ3) is 3.27. The molecule has 1 aromatic rings. The summed E-state index contributed by atoms with van der Waals surface area (Å²) in [4.78, 5) is 4.31. The fourth-order valence-electron chi connectivity index (χ4n) is 1.70. The molecule has 1 aliphatic heterocycles. The molecule has 7 nitrogen and oxygen atoms in total. The fraction of sp³-hybridized carbons (Fsp3) is 0.308. The summed E-state index contributed by atoms with van der Waals surface area (Å²) in [5, 5.41) is 34.4. The lowest BCUT2D eigenvalue weighted by Gasteiger charge is -2.12. The van der Waals surface area contributed by atoms with E-state index in [2.05, 4.69) is 15.4 Å². The van der Waals surface area contributed by atoms with E-state index in [1.54, 1.807) is 31.3 Å². The molecule has 20 heavy (non-hydrogen) atoms. The molecule has 0 aromatic heterocycles. The standard InChI is InChI=1S/C13H17N5O2/c1-18-12(14)11(8-16-18)17-10-4-2-9(3-5-10)13(20)15-6-7-19/h2-5,8,13-15,19-20H,6-7H2,1H3. The minimum absolute atomic E-state index is 0.0300. The first kappa shape index (κ1) is 14.3. The predicted molar refractivity (Wildman–Crippen MR) is 77.6 cm³/mol. The van der Waals surface area contributed by atoms with Crippen LogP contribution in [0, 0.1) is 5.41 Å². The Morgan fingerprint density at radius 1 is 1.40 bits per heavy atom. The molecule has 1 aliphatic rings. The molecule has 1 atom stereocenters. The Morgan fingerprint density at radius 3 is 2.65 bits per heavy atom. The second kappa shape index (κ2) is 6.38. The zero-order valence-corrected chi connectivity index (χ0v) is 11.1. The van der Waals surface area contributed by atoms with E-state index >= 15 is 0 Å². The van der Waals surface area contributed by atoms with E-state index in [-0.39, 0.29) is 12.4 Å².